The van der Waals surface area contributed by atoms with E-state index in [0.29, 0.717) is 11.3 Å². The molecule has 0 heterocycles. The van der Waals surface area contributed by atoms with Gasteiger partial charge in [-0.1, -0.05) is 13.8 Å². The monoisotopic (exact) mass is 237 g/mol. The average Bonchev–Trinajstić information content (AvgIpc) is 2.25. The molecule has 5 nitrogen and oxygen atoms in total. The molecule has 0 aromatic heterocycles. The van der Waals surface area contributed by atoms with Crippen molar-refractivity contribution in [3.63, 3.8) is 0 Å². The Kier molecular flexibility index (Phi) is 4.20. The third-order valence-electron chi connectivity index (χ3n) is 2.39. The van der Waals surface area contributed by atoms with Gasteiger partial charge in [-0.2, -0.15) is 0 Å². The molecule has 0 bridgehead atoms. The molecule has 0 N–H and O–H groups in total. The SMILES string of the molecule is Cc1cc(OCC(=O)C(C)C)ccc1[N+](=O)[O-]. The van der Waals surface area contributed by atoms with Crippen LogP contribution in [-0.4, -0.2) is 17.3 Å². The molecule has 5 heteroatoms. The van der Waals surface area contributed by atoms with Gasteiger partial charge in [-0.3, -0.25) is 14.9 Å². The Hall–Kier alpha value is -1.91. The van der Waals surface area contributed by atoms with Crippen LogP contribution in [0.2, 0.25) is 0 Å². The van der Waals surface area contributed by atoms with Crippen LogP contribution in [0.15, 0.2) is 18.2 Å². The van der Waals surface area contributed by atoms with Gasteiger partial charge in [0.1, 0.15) is 12.4 Å². The zero-order valence-corrected chi connectivity index (χ0v) is 10.1. The van der Waals surface area contributed by atoms with Gasteiger partial charge in [0.2, 0.25) is 0 Å². The van der Waals surface area contributed by atoms with Gasteiger partial charge in [0, 0.05) is 17.5 Å². The number of ether oxygens (including phenoxy) is 1. The van der Waals surface area contributed by atoms with Gasteiger partial charge in [0.05, 0.1) is 4.92 Å². The molecule has 0 radical (unpaired) electrons. The van der Waals surface area contributed by atoms with E-state index in [0.717, 1.165) is 0 Å². The fourth-order valence-corrected chi connectivity index (χ4v) is 1.24. The molecule has 0 amide bonds. The number of nitrogens with zero attached hydrogens (tertiary/aromatic N) is 1. The highest BCUT2D eigenvalue weighted by molar-refractivity contribution is 5.81. The number of nitro benzene ring substituents is 1. The quantitative estimate of drug-likeness (QED) is 0.582. The summed E-state index contributed by atoms with van der Waals surface area (Å²) < 4.78 is 5.27. The van der Waals surface area contributed by atoms with Crippen molar-refractivity contribution >= 4 is 11.5 Å². The van der Waals surface area contributed by atoms with Gasteiger partial charge in [-0.25, -0.2) is 0 Å². The molecular formula is C12H15NO4. The van der Waals surface area contributed by atoms with Crippen LogP contribution in [0.3, 0.4) is 0 Å². The van der Waals surface area contributed by atoms with Crippen LogP contribution in [-0.2, 0) is 4.79 Å². The number of aryl methyl sites for hydroxylation is 1. The standard InChI is InChI=1S/C12H15NO4/c1-8(2)12(14)7-17-10-4-5-11(13(15)16)9(3)6-10/h4-6,8H,7H2,1-3H3. The van der Waals surface area contributed by atoms with E-state index < -0.39 is 4.92 Å². The van der Waals surface area contributed by atoms with Crippen LogP contribution in [0.1, 0.15) is 19.4 Å². The van der Waals surface area contributed by atoms with E-state index in [1.165, 1.54) is 12.1 Å². The minimum Gasteiger partial charge on any atom is -0.486 e. The molecule has 0 fully saturated rings. The predicted molar refractivity (Wildman–Crippen MR) is 63.2 cm³/mol. The second-order valence-corrected chi connectivity index (χ2v) is 4.12. The fourth-order valence-electron chi connectivity index (χ4n) is 1.24. The second kappa shape index (κ2) is 5.43. The van der Waals surface area contributed by atoms with Crippen molar-refractivity contribution in [1.29, 1.82) is 0 Å². The Balaban J connectivity index is 2.71. The number of hydrogen-bond acceptors (Lipinski definition) is 4. The van der Waals surface area contributed by atoms with Crippen molar-refractivity contribution in [3.8, 4) is 5.75 Å². The summed E-state index contributed by atoms with van der Waals surface area (Å²) >= 11 is 0. The highest BCUT2D eigenvalue weighted by Gasteiger charge is 2.12. The third-order valence-corrected chi connectivity index (χ3v) is 2.39. The largest absolute Gasteiger partial charge is 0.486 e. The number of hydrogen-bond donors (Lipinski definition) is 0. The maximum atomic E-state index is 11.3. The molecule has 0 aliphatic heterocycles. The number of ketones is 1. The van der Waals surface area contributed by atoms with Crippen LogP contribution >= 0.6 is 0 Å². The first-order chi connectivity index (χ1) is 7.91. The molecule has 1 aromatic rings. The summed E-state index contributed by atoms with van der Waals surface area (Å²) in [5.74, 6) is 0.400. The molecule has 1 rings (SSSR count). The minimum atomic E-state index is -0.446. The van der Waals surface area contributed by atoms with Gasteiger partial charge >= 0.3 is 0 Å². The van der Waals surface area contributed by atoms with Crippen LogP contribution in [0.25, 0.3) is 0 Å². The molecule has 0 saturated carbocycles. The maximum absolute atomic E-state index is 11.3. The Morgan fingerprint density at radius 1 is 1.47 bits per heavy atom. The molecular weight excluding hydrogens is 222 g/mol. The summed E-state index contributed by atoms with van der Waals surface area (Å²) in [6.07, 6.45) is 0. The maximum Gasteiger partial charge on any atom is 0.272 e. The molecule has 0 saturated heterocycles. The van der Waals surface area contributed by atoms with E-state index in [-0.39, 0.29) is 24.0 Å². The first-order valence-electron chi connectivity index (χ1n) is 5.32. The van der Waals surface area contributed by atoms with Gasteiger partial charge in [-0.15, -0.1) is 0 Å². The number of benzene rings is 1. The van der Waals surface area contributed by atoms with E-state index in [9.17, 15) is 14.9 Å². The minimum absolute atomic E-state index is 0.000931. The highest BCUT2D eigenvalue weighted by atomic mass is 16.6. The van der Waals surface area contributed by atoms with Crippen LogP contribution in [0.4, 0.5) is 5.69 Å². The molecule has 17 heavy (non-hydrogen) atoms. The van der Waals surface area contributed by atoms with Crippen molar-refractivity contribution in [2.24, 2.45) is 5.92 Å². The van der Waals surface area contributed by atoms with Gasteiger partial charge < -0.3 is 4.74 Å². The van der Waals surface area contributed by atoms with Crippen LogP contribution < -0.4 is 4.74 Å². The van der Waals surface area contributed by atoms with Crippen LogP contribution in [0.5, 0.6) is 5.75 Å². The van der Waals surface area contributed by atoms with Gasteiger partial charge in [0.25, 0.3) is 5.69 Å². The molecule has 1 aromatic carbocycles. The highest BCUT2D eigenvalue weighted by Crippen LogP contribution is 2.23. The number of rotatable bonds is 5. The molecule has 92 valence electrons. The normalized spacial score (nSPS) is 10.4. The van der Waals surface area contributed by atoms with E-state index >= 15 is 0 Å². The first kappa shape index (κ1) is 13.2. The summed E-state index contributed by atoms with van der Waals surface area (Å²) in [4.78, 5) is 21.5. The van der Waals surface area contributed by atoms with E-state index in [2.05, 4.69) is 0 Å². The number of Topliss-reactive ketones (excluding diaryl/α,β-unsaturated/α-hetero) is 1. The van der Waals surface area contributed by atoms with E-state index in [1.807, 2.05) is 0 Å². The topological polar surface area (TPSA) is 69.4 Å². The van der Waals surface area contributed by atoms with Crippen molar-refractivity contribution in [1.82, 2.24) is 0 Å². The summed E-state index contributed by atoms with van der Waals surface area (Å²) in [7, 11) is 0. The Bertz CT molecular complexity index is 440. The third kappa shape index (κ3) is 3.55. The molecule has 0 unspecified atom stereocenters. The summed E-state index contributed by atoms with van der Waals surface area (Å²) in [5, 5.41) is 10.6. The first-order valence-corrected chi connectivity index (χ1v) is 5.32. The summed E-state index contributed by atoms with van der Waals surface area (Å²) in [5.41, 5.74) is 0.567. The number of carbonyl (C=O) groups excluding carboxylic acids is 1. The van der Waals surface area contributed by atoms with E-state index in [1.54, 1.807) is 26.8 Å². The Morgan fingerprint density at radius 3 is 2.59 bits per heavy atom. The zero-order chi connectivity index (χ0) is 13.0. The smallest absolute Gasteiger partial charge is 0.272 e. The zero-order valence-electron chi connectivity index (χ0n) is 10.1. The summed E-state index contributed by atoms with van der Waals surface area (Å²) in [6, 6.07) is 4.44. The van der Waals surface area contributed by atoms with Crippen molar-refractivity contribution in [2.45, 2.75) is 20.8 Å². The molecule has 0 aliphatic rings. The van der Waals surface area contributed by atoms with Crippen molar-refractivity contribution in [2.75, 3.05) is 6.61 Å². The lowest BCUT2D eigenvalue weighted by Gasteiger charge is -2.08. The lowest BCUT2D eigenvalue weighted by molar-refractivity contribution is -0.385. The molecule has 0 aliphatic carbocycles. The van der Waals surface area contributed by atoms with Crippen molar-refractivity contribution in [3.05, 3.63) is 33.9 Å². The average molecular weight is 237 g/mol. The Morgan fingerprint density at radius 2 is 2.12 bits per heavy atom. The van der Waals surface area contributed by atoms with Crippen molar-refractivity contribution < 1.29 is 14.5 Å². The lowest BCUT2D eigenvalue weighted by Crippen LogP contribution is -2.16. The van der Waals surface area contributed by atoms with E-state index in [4.69, 9.17) is 4.74 Å². The number of nitro groups is 1. The van der Waals surface area contributed by atoms with Gasteiger partial charge in [0.15, 0.2) is 5.78 Å². The van der Waals surface area contributed by atoms with Crippen LogP contribution in [0, 0.1) is 23.0 Å². The Labute approximate surface area is 99.5 Å². The molecule has 0 spiro atoms. The number of carbonyl (C=O) groups is 1. The lowest BCUT2D eigenvalue weighted by atomic mass is 10.1. The van der Waals surface area contributed by atoms with Gasteiger partial charge in [-0.05, 0) is 19.1 Å². The summed E-state index contributed by atoms with van der Waals surface area (Å²) in [6.45, 7) is 5.23. The fraction of sp³-hybridized carbons (Fsp3) is 0.417. The molecule has 0 atom stereocenters. The second-order valence-electron chi connectivity index (χ2n) is 4.12. The predicted octanol–water partition coefficient (Wildman–Crippen LogP) is 2.51.